The number of amides is 2. The minimum absolute atomic E-state index is 0.226. The second-order valence-corrected chi connectivity index (χ2v) is 4.34. The van der Waals surface area contributed by atoms with Crippen molar-refractivity contribution in [3.8, 4) is 0 Å². The lowest BCUT2D eigenvalue weighted by atomic mass is 10.2. The van der Waals surface area contributed by atoms with Crippen molar-refractivity contribution in [2.75, 3.05) is 17.3 Å². The van der Waals surface area contributed by atoms with Crippen molar-refractivity contribution in [3.05, 3.63) is 59.9 Å². The van der Waals surface area contributed by atoms with Gasteiger partial charge in [0.25, 0.3) is 0 Å². The van der Waals surface area contributed by atoms with E-state index in [4.69, 9.17) is 5.73 Å². The van der Waals surface area contributed by atoms with Gasteiger partial charge in [0, 0.05) is 19.3 Å². The van der Waals surface area contributed by atoms with Crippen LogP contribution in [0.3, 0.4) is 0 Å². The summed E-state index contributed by atoms with van der Waals surface area (Å²) in [5, 5.41) is 2.70. The zero-order chi connectivity index (χ0) is 14.5. The van der Waals surface area contributed by atoms with Crippen molar-refractivity contribution in [1.29, 1.82) is 0 Å². The molecule has 0 saturated heterocycles. The predicted molar refractivity (Wildman–Crippen MR) is 78.2 cm³/mol. The molecule has 2 rings (SSSR count). The second-order valence-electron chi connectivity index (χ2n) is 4.34. The van der Waals surface area contributed by atoms with Gasteiger partial charge in [-0.05, 0) is 29.8 Å². The maximum Gasteiger partial charge on any atom is 0.326 e. The van der Waals surface area contributed by atoms with Crippen LogP contribution in [0.15, 0.2) is 48.5 Å². The van der Waals surface area contributed by atoms with Gasteiger partial charge in [0.05, 0.1) is 5.69 Å². The number of nitrogens with one attached hydrogen (secondary N) is 1. The Morgan fingerprint density at radius 1 is 1.20 bits per heavy atom. The summed E-state index contributed by atoms with van der Waals surface area (Å²) < 4.78 is 13.6. The van der Waals surface area contributed by atoms with Gasteiger partial charge in [-0.25, -0.2) is 9.18 Å². The fourth-order valence-electron chi connectivity index (χ4n) is 1.76. The smallest absolute Gasteiger partial charge is 0.326 e. The highest BCUT2D eigenvalue weighted by molar-refractivity contribution is 6.01. The fourth-order valence-corrected chi connectivity index (χ4v) is 1.76. The zero-order valence-corrected chi connectivity index (χ0v) is 11.1. The summed E-state index contributed by atoms with van der Waals surface area (Å²) in [4.78, 5) is 13.3. The molecule has 0 aliphatic heterocycles. The molecular formula is C15H16FN3O. The predicted octanol–water partition coefficient (Wildman–Crippen LogP) is 2.95. The maximum atomic E-state index is 13.6. The van der Waals surface area contributed by atoms with Gasteiger partial charge in [-0.1, -0.05) is 24.3 Å². The zero-order valence-electron chi connectivity index (χ0n) is 11.1. The van der Waals surface area contributed by atoms with E-state index in [0.717, 1.165) is 5.56 Å². The van der Waals surface area contributed by atoms with Gasteiger partial charge < -0.3 is 11.1 Å². The van der Waals surface area contributed by atoms with Gasteiger partial charge in [0.1, 0.15) is 5.82 Å². The summed E-state index contributed by atoms with van der Waals surface area (Å²) in [7, 11) is 1.52. The summed E-state index contributed by atoms with van der Waals surface area (Å²) in [5.41, 5.74) is 7.34. The summed E-state index contributed by atoms with van der Waals surface area (Å²) in [6, 6.07) is 12.9. The van der Waals surface area contributed by atoms with Crippen LogP contribution in [0.2, 0.25) is 0 Å². The number of nitrogens with zero attached hydrogens (tertiary/aromatic N) is 1. The number of hydrogen-bond donors (Lipinski definition) is 2. The van der Waals surface area contributed by atoms with Gasteiger partial charge in [0.2, 0.25) is 0 Å². The van der Waals surface area contributed by atoms with Crippen LogP contribution < -0.4 is 16.0 Å². The van der Waals surface area contributed by atoms with E-state index in [-0.39, 0.29) is 5.69 Å². The van der Waals surface area contributed by atoms with Crippen LogP contribution in [-0.2, 0) is 6.54 Å². The third-order valence-electron chi connectivity index (χ3n) is 2.96. The molecule has 0 fully saturated rings. The van der Waals surface area contributed by atoms with Gasteiger partial charge in [-0.15, -0.1) is 0 Å². The van der Waals surface area contributed by atoms with E-state index in [0.29, 0.717) is 12.2 Å². The normalized spacial score (nSPS) is 10.2. The molecule has 0 saturated carbocycles. The van der Waals surface area contributed by atoms with Crippen molar-refractivity contribution in [2.45, 2.75) is 6.54 Å². The molecule has 5 heteroatoms. The number of rotatable bonds is 3. The van der Waals surface area contributed by atoms with E-state index in [2.05, 4.69) is 5.32 Å². The molecule has 0 aliphatic rings. The molecule has 4 nitrogen and oxygen atoms in total. The number of nitrogens with two attached hydrogens (primary N) is 1. The first-order chi connectivity index (χ1) is 9.61. The van der Waals surface area contributed by atoms with Gasteiger partial charge in [0.15, 0.2) is 0 Å². The fraction of sp³-hybridized carbons (Fsp3) is 0.133. The number of urea groups is 1. The Morgan fingerprint density at radius 2 is 1.85 bits per heavy atom. The van der Waals surface area contributed by atoms with Crippen molar-refractivity contribution in [1.82, 2.24) is 0 Å². The van der Waals surface area contributed by atoms with Gasteiger partial charge in [-0.3, -0.25) is 4.90 Å². The highest BCUT2D eigenvalue weighted by Crippen LogP contribution is 2.18. The van der Waals surface area contributed by atoms with Crippen molar-refractivity contribution in [2.24, 2.45) is 5.73 Å². The molecule has 104 valence electrons. The first-order valence-electron chi connectivity index (χ1n) is 6.20. The van der Waals surface area contributed by atoms with E-state index >= 15 is 0 Å². The van der Waals surface area contributed by atoms with E-state index in [1.54, 1.807) is 30.3 Å². The molecule has 0 unspecified atom stereocenters. The average molecular weight is 273 g/mol. The molecule has 2 aromatic carbocycles. The summed E-state index contributed by atoms with van der Waals surface area (Å²) in [6.45, 7) is 0.448. The molecule has 0 radical (unpaired) electrons. The number of para-hydroxylation sites is 1. The molecular weight excluding hydrogens is 257 g/mol. The highest BCUT2D eigenvalue weighted by Gasteiger charge is 2.14. The summed E-state index contributed by atoms with van der Waals surface area (Å²) in [6.07, 6.45) is 0. The minimum atomic E-state index is -0.441. The minimum Gasteiger partial charge on any atom is -0.326 e. The largest absolute Gasteiger partial charge is 0.326 e. The second kappa shape index (κ2) is 6.16. The Bertz CT molecular complexity index is 598. The lowest BCUT2D eigenvalue weighted by Gasteiger charge is -2.18. The first-order valence-corrected chi connectivity index (χ1v) is 6.20. The van der Waals surface area contributed by atoms with E-state index in [1.165, 1.54) is 18.0 Å². The molecule has 0 heterocycles. The first kappa shape index (κ1) is 14.0. The molecule has 20 heavy (non-hydrogen) atoms. The molecule has 2 amide bonds. The maximum absolute atomic E-state index is 13.6. The molecule has 2 aromatic rings. The third-order valence-corrected chi connectivity index (χ3v) is 2.96. The standard InChI is InChI=1S/C15H16FN3O/c1-19(14-5-3-2-4-13(14)16)15(20)18-12-8-6-11(10-17)7-9-12/h2-9H,10,17H2,1H3,(H,18,20). The number of hydrogen-bond acceptors (Lipinski definition) is 2. The molecule has 0 spiro atoms. The van der Waals surface area contributed by atoms with E-state index in [1.807, 2.05) is 12.1 Å². The average Bonchev–Trinajstić information content (AvgIpc) is 2.48. The Hall–Kier alpha value is -2.40. The van der Waals surface area contributed by atoms with Crippen LogP contribution in [0.5, 0.6) is 0 Å². The number of carbonyl (C=O) groups is 1. The Balaban J connectivity index is 2.09. The lowest BCUT2D eigenvalue weighted by molar-refractivity contribution is 0.258. The van der Waals surface area contributed by atoms with E-state index < -0.39 is 11.8 Å². The molecule has 0 aliphatic carbocycles. The Labute approximate surface area is 117 Å². The number of halogens is 1. The van der Waals surface area contributed by atoms with Crippen LogP contribution in [0.4, 0.5) is 20.6 Å². The SMILES string of the molecule is CN(C(=O)Nc1ccc(CN)cc1)c1ccccc1F. The third kappa shape index (κ3) is 3.13. The van der Waals surface area contributed by atoms with Crippen LogP contribution in [-0.4, -0.2) is 13.1 Å². The lowest BCUT2D eigenvalue weighted by Crippen LogP contribution is -2.31. The summed E-state index contributed by atoms with van der Waals surface area (Å²) in [5.74, 6) is -0.441. The van der Waals surface area contributed by atoms with Crippen molar-refractivity contribution in [3.63, 3.8) is 0 Å². The van der Waals surface area contributed by atoms with Crippen molar-refractivity contribution < 1.29 is 9.18 Å². The van der Waals surface area contributed by atoms with Crippen LogP contribution >= 0.6 is 0 Å². The van der Waals surface area contributed by atoms with Crippen molar-refractivity contribution >= 4 is 17.4 Å². The Kier molecular flexibility index (Phi) is 4.32. The number of benzene rings is 2. The molecule has 0 bridgehead atoms. The monoisotopic (exact) mass is 273 g/mol. The molecule has 0 aromatic heterocycles. The Morgan fingerprint density at radius 3 is 2.45 bits per heavy atom. The quantitative estimate of drug-likeness (QED) is 0.903. The summed E-state index contributed by atoms with van der Waals surface area (Å²) >= 11 is 0. The number of carbonyl (C=O) groups excluding carboxylic acids is 1. The van der Waals surface area contributed by atoms with Crippen LogP contribution in [0, 0.1) is 5.82 Å². The highest BCUT2D eigenvalue weighted by atomic mass is 19.1. The van der Waals surface area contributed by atoms with Gasteiger partial charge in [-0.2, -0.15) is 0 Å². The van der Waals surface area contributed by atoms with E-state index in [9.17, 15) is 9.18 Å². The van der Waals surface area contributed by atoms with Gasteiger partial charge >= 0.3 is 6.03 Å². The topological polar surface area (TPSA) is 58.4 Å². The van der Waals surface area contributed by atoms with Crippen LogP contribution in [0.25, 0.3) is 0 Å². The molecule has 0 atom stereocenters. The van der Waals surface area contributed by atoms with Crippen LogP contribution in [0.1, 0.15) is 5.56 Å². The molecule has 3 N–H and O–H groups in total. The number of anilines is 2.